The SMILES string of the molecule is CNCCN(C)C(=O)c1cccc(C)c1F. The number of hydrogen-bond donors (Lipinski definition) is 1. The number of rotatable bonds is 4. The Kier molecular flexibility index (Phi) is 4.43. The van der Waals surface area contributed by atoms with E-state index >= 15 is 0 Å². The predicted octanol–water partition coefficient (Wildman–Crippen LogP) is 1.43. The summed E-state index contributed by atoms with van der Waals surface area (Å²) in [4.78, 5) is 13.4. The summed E-state index contributed by atoms with van der Waals surface area (Å²) in [5, 5.41) is 2.94. The number of aryl methyl sites for hydroxylation is 1. The van der Waals surface area contributed by atoms with Gasteiger partial charge in [0.2, 0.25) is 0 Å². The summed E-state index contributed by atoms with van der Waals surface area (Å²) in [6.07, 6.45) is 0. The van der Waals surface area contributed by atoms with Gasteiger partial charge in [0.05, 0.1) is 5.56 Å². The summed E-state index contributed by atoms with van der Waals surface area (Å²) in [6, 6.07) is 4.86. The summed E-state index contributed by atoms with van der Waals surface area (Å²) >= 11 is 0. The number of nitrogens with zero attached hydrogens (tertiary/aromatic N) is 1. The van der Waals surface area contributed by atoms with Crippen LogP contribution >= 0.6 is 0 Å². The Hall–Kier alpha value is -1.42. The fourth-order valence-corrected chi connectivity index (χ4v) is 1.40. The van der Waals surface area contributed by atoms with Crippen LogP contribution < -0.4 is 5.32 Å². The van der Waals surface area contributed by atoms with Crippen molar-refractivity contribution in [2.24, 2.45) is 0 Å². The minimum atomic E-state index is -0.427. The van der Waals surface area contributed by atoms with Crippen LogP contribution in [-0.4, -0.2) is 38.0 Å². The molecule has 1 N–H and O–H groups in total. The van der Waals surface area contributed by atoms with E-state index in [4.69, 9.17) is 0 Å². The second-order valence-corrected chi connectivity index (χ2v) is 3.77. The molecule has 0 atom stereocenters. The second-order valence-electron chi connectivity index (χ2n) is 3.77. The molecule has 1 rings (SSSR count). The van der Waals surface area contributed by atoms with E-state index in [0.717, 1.165) is 0 Å². The van der Waals surface area contributed by atoms with Gasteiger partial charge in [-0.25, -0.2) is 4.39 Å². The first kappa shape index (κ1) is 12.6. The molecule has 16 heavy (non-hydrogen) atoms. The lowest BCUT2D eigenvalue weighted by Crippen LogP contribution is -2.33. The molecular weight excluding hydrogens is 207 g/mol. The lowest BCUT2D eigenvalue weighted by molar-refractivity contribution is 0.0792. The van der Waals surface area contributed by atoms with Crippen molar-refractivity contribution in [1.29, 1.82) is 0 Å². The second kappa shape index (κ2) is 5.61. The van der Waals surface area contributed by atoms with Crippen molar-refractivity contribution < 1.29 is 9.18 Å². The van der Waals surface area contributed by atoms with Gasteiger partial charge in [-0.3, -0.25) is 4.79 Å². The zero-order valence-corrected chi connectivity index (χ0v) is 9.88. The summed E-state index contributed by atoms with van der Waals surface area (Å²) in [5.74, 6) is -0.708. The van der Waals surface area contributed by atoms with Crippen LogP contribution in [0.2, 0.25) is 0 Å². The maximum Gasteiger partial charge on any atom is 0.256 e. The van der Waals surface area contributed by atoms with Crippen LogP contribution in [0.3, 0.4) is 0 Å². The zero-order valence-electron chi connectivity index (χ0n) is 9.88. The van der Waals surface area contributed by atoms with Gasteiger partial charge in [0.15, 0.2) is 0 Å². The predicted molar refractivity (Wildman–Crippen MR) is 62.0 cm³/mol. The van der Waals surface area contributed by atoms with Gasteiger partial charge < -0.3 is 10.2 Å². The van der Waals surface area contributed by atoms with Gasteiger partial charge >= 0.3 is 0 Å². The van der Waals surface area contributed by atoms with Gasteiger partial charge in [0.25, 0.3) is 5.91 Å². The van der Waals surface area contributed by atoms with Crippen LogP contribution in [0, 0.1) is 12.7 Å². The van der Waals surface area contributed by atoms with Crippen molar-refractivity contribution in [1.82, 2.24) is 10.2 Å². The molecule has 0 heterocycles. The molecule has 0 fully saturated rings. The number of hydrogen-bond acceptors (Lipinski definition) is 2. The number of carbonyl (C=O) groups excluding carboxylic acids is 1. The third kappa shape index (κ3) is 2.79. The van der Waals surface area contributed by atoms with Crippen molar-refractivity contribution >= 4 is 5.91 Å². The van der Waals surface area contributed by atoms with Gasteiger partial charge in [-0.05, 0) is 25.6 Å². The van der Waals surface area contributed by atoms with Gasteiger partial charge in [-0.2, -0.15) is 0 Å². The molecule has 0 bridgehead atoms. The normalized spacial score (nSPS) is 10.2. The molecule has 88 valence electrons. The van der Waals surface area contributed by atoms with E-state index in [2.05, 4.69) is 5.32 Å². The van der Waals surface area contributed by atoms with E-state index in [0.29, 0.717) is 18.7 Å². The largest absolute Gasteiger partial charge is 0.340 e. The molecule has 0 aliphatic heterocycles. The third-order valence-corrected chi connectivity index (χ3v) is 2.47. The lowest BCUT2D eigenvalue weighted by atomic mass is 10.1. The molecule has 1 amide bonds. The Bertz CT molecular complexity index is 379. The Morgan fingerprint density at radius 1 is 1.50 bits per heavy atom. The topological polar surface area (TPSA) is 32.3 Å². The van der Waals surface area contributed by atoms with E-state index in [1.807, 2.05) is 7.05 Å². The monoisotopic (exact) mass is 224 g/mol. The molecule has 0 aromatic heterocycles. The van der Waals surface area contributed by atoms with E-state index in [1.54, 1.807) is 26.1 Å². The molecular formula is C12H17FN2O. The average molecular weight is 224 g/mol. The highest BCUT2D eigenvalue weighted by molar-refractivity contribution is 5.94. The first-order chi connectivity index (χ1) is 7.57. The molecule has 3 nitrogen and oxygen atoms in total. The Morgan fingerprint density at radius 3 is 2.81 bits per heavy atom. The number of benzene rings is 1. The lowest BCUT2D eigenvalue weighted by Gasteiger charge is -2.17. The molecule has 1 aromatic rings. The van der Waals surface area contributed by atoms with E-state index in [1.165, 1.54) is 11.0 Å². The van der Waals surface area contributed by atoms with Crippen LogP contribution in [0.1, 0.15) is 15.9 Å². The van der Waals surface area contributed by atoms with Crippen molar-refractivity contribution in [3.63, 3.8) is 0 Å². The van der Waals surface area contributed by atoms with Crippen LogP contribution in [0.25, 0.3) is 0 Å². The average Bonchev–Trinajstić information content (AvgIpc) is 2.28. The highest BCUT2D eigenvalue weighted by atomic mass is 19.1. The molecule has 0 saturated carbocycles. The number of halogens is 1. The molecule has 1 aromatic carbocycles. The minimum Gasteiger partial charge on any atom is -0.340 e. The molecule has 0 aliphatic carbocycles. The highest BCUT2D eigenvalue weighted by Gasteiger charge is 2.16. The Labute approximate surface area is 95.3 Å². The molecule has 0 radical (unpaired) electrons. The molecule has 0 spiro atoms. The standard InChI is InChI=1S/C12H17FN2O/c1-9-5-4-6-10(11(9)13)12(16)15(3)8-7-14-2/h4-6,14H,7-8H2,1-3H3. The summed E-state index contributed by atoms with van der Waals surface area (Å²) in [6.45, 7) is 2.90. The molecule has 0 saturated heterocycles. The molecule has 0 aliphatic rings. The number of nitrogens with one attached hydrogen (secondary N) is 1. The first-order valence-electron chi connectivity index (χ1n) is 5.23. The zero-order chi connectivity index (χ0) is 12.1. The quantitative estimate of drug-likeness (QED) is 0.839. The van der Waals surface area contributed by atoms with Crippen LogP contribution in [-0.2, 0) is 0 Å². The first-order valence-corrected chi connectivity index (χ1v) is 5.23. The molecule has 4 heteroatoms. The molecule has 0 unspecified atom stereocenters. The number of carbonyl (C=O) groups is 1. The maximum atomic E-state index is 13.7. The van der Waals surface area contributed by atoms with Crippen molar-refractivity contribution in [2.45, 2.75) is 6.92 Å². The van der Waals surface area contributed by atoms with Crippen LogP contribution in [0.4, 0.5) is 4.39 Å². The Balaban J connectivity index is 2.84. The van der Waals surface area contributed by atoms with Crippen LogP contribution in [0.15, 0.2) is 18.2 Å². The van der Waals surface area contributed by atoms with Crippen LogP contribution in [0.5, 0.6) is 0 Å². The highest BCUT2D eigenvalue weighted by Crippen LogP contribution is 2.13. The number of amides is 1. The smallest absolute Gasteiger partial charge is 0.256 e. The maximum absolute atomic E-state index is 13.7. The van der Waals surface area contributed by atoms with E-state index in [9.17, 15) is 9.18 Å². The van der Waals surface area contributed by atoms with E-state index < -0.39 is 5.82 Å². The minimum absolute atomic E-state index is 0.138. The Morgan fingerprint density at radius 2 is 2.19 bits per heavy atom. The summed E-state index contributed by atoms with van der Waals surface area (Å²) < 4.78 is 13.7. The van der Waals surface area contributed by atoms with Gasteiger partial charge in [0.1, 0.15) is 5.82 Å². The summed E-state index contributed by atoms with van der Waals surface area (Å²) in [5.41, 5.74) is 0.631. The van der Waals surface area contributed by atoms with Gasteiger partial charge in [-0.1, -0.05) is 12.1 Å². The summed E-state index contributed by atoms with van der Waals surface area (Å²) in [7, 11) is 3.48. The van der Waals surface area contributed by atoms with Gasteiger partial charge in [0, 0.05) is 20.1 Å². The van der Waals surface area contributed by atoms with E-state index in [-0.39, 0.29) is 11.5 Å². The van der Waals surface area contributed by atoms with Crippen molar-refractivity contribution in [3.05, 3.63) is 35.1 Å². The van der Waals surface area contributed by atoms with Crippen molar-refractivity contribution in [2.75, 3.05) is 27.2 Å². The van der Waals surface area contributed by atoms with Crippen molar-refractivity contribution in [3.8, 4) is 0 Å². The fourth-order valence-electron chi connectivity index (χ4n) is 1.40. The van der Waals surface area contributed by atoms with Gasteiger partial charge in [-0.15, -0.1) is 0 Å². The number of likely N-dealkylation sites (N-methyl/N-ethyl adjacent to an activating group) is 2. The third-order valence-electron chi connectivity index (χ3n) is 2.47. The fraction of sp³-hybridized carbons (Fsp3) is 0.417.